The third kappa shape index (κ3) is 2.47. The van der Waals surface area contributed by atoms with Gasteiger partial charge < -0.3 is 4.57 Å². The minimum atomic E-state index is 0.516. The Morgan fingerprint density at radius 1 is 1.00 bits per heavy atom. The maximum atomic E-state index is 6.33. The number of nitrogens with zero attached hydrogens (tertiary/aromatic N) is 1. The first-order valence-electron chi connectivity index (χ1n) is 7.40. The number of fused-ring (bicyclic) bond motifs is 1. The Hall–Kier alpha value is -1.73. The summed E-state index contributed by atoms with van der Waals surface area (Å²) in [5.74, 6) is 0.516. The minimum Gasteiger partial charge on any atom is -0.340 e. The van der Waals surface area contributed by atoms with Crippen molar-refractivity contribution in [3.63, 3.8) is 0 Å². The molecule has 2 aromatic carbocycles. The van der Waals surface area contributed by atoms with Crippen LogP contribution in [0.5, 0.6) is 0 Å². The van der Waals surface area contributed by atoms with Gasteiger partial charge in [0.1, 0.15) is 0 Å². The van der Waals surface area contributed by atoms with Crippen LogP contribution >= 0.6 is 11.6 Å². The molecule has 0 bridgehead atoms. The third-order valence-electron chi connectivity index (χ3n) is 4.14. The van der Waals surface area contributed by atoms with Crippen LogP contribution in [0.2, 0.25) is 5.02 Å². The quantitative estimate of drug-likeness (QED) is 0.578. The fourth-order valence-corrected chi connectivity index (χ4v) is 3.38. The first-order chi connectivity index (χ1) is 10.1. The van der Waals surface area contributed by atoms with Gasteiger partial charge in [-0.3, -0.25) is 0 Å². The summed E-state index contributed by atoms with van der Waals surface area (Å²) in [6.45, 7) is 7.55. The van der Waals surface area contributed by atoms with E-state index in [-0.39, 0.29) is 0 Å². The summed E-state index contributed by atoms with van der Waals surface area (Å²) in [7, 11) is 0. The van der Waals surface area contributed by atoms with E-state index in [1.54, 1.807) is 0 Å². The van der Waals surface area contributed by atoms with Gasteiger partial charge in [-0.05, 0) is 36.1 Å². The number of aromatic nitrogens is 1. The van der Waals surface area contributed by atoms with Gasteiger partial charge in [-0.15, -0.1) is 0 Å². The molecule has 1 nitrogen and oxygen atoms in total. The second-order valence-corrected chi connectivity index (χ2v) is 6.26. The Balaban J connectivity index is 2.19. The molecule has 0 aliphatic carbocycles. The fraction of sp³-hybridized carbons (Fsp3) is 0.263. The molecule has 0 unspecified atom stereocenters. The highest BCUT2D eigenvalue weighted by Gasteiger charge is 2.16. The predicted molar refractivity (Wildman–Crippen MR) is 91.3 cm³/mol. The highest BCUT2D eigenvalue weighted by Crippen LogP contribution is 2.32. The van der Waals surface area contributed by atoms with Gasteiger partial charge in [0.15, 0.2) is 0 Å². The average Bonchev–Trinajstić information content (AvgIpc) is 2.74. The molecule has 0 saturated heterocycles. The molecule has 2 heteroatoms. The lowest BCUT2D eigenvalue weighted by molar-refractivity contribution is 0.775. The lowest BCUT2D eigenvalue weighted by Crippen LogP contribution is -2.03. The first-order valence-corrected chi connectivity index (χ1v) is 7.78. The van der Waals surface area contributed by atoms with Crippen molar-refractivity contribution in [1.82, 2.24) is 4.57 Å². The van der Waals surface area contributed by atoms with Crippen molar-refractivity contribution in [2.75, 3.05) is 0 Å². The SMILES string of the molecule is Cc1c(C(C)C)c2ccccc2n1Cc1ccccc1Cl. The fourth-order valence-electron chi connectivity index (χ4n) is 3.19. The van der Waals surface area contributed by atoms with Crippen LogP contribution in [-0.2, 0) is 6.54 Å². The van der Waals surface area contributed by atoms with E-state index in [0.717, 1.165) is 11.6 Å². The molecular formula is C19H20ClN. The van der Waals surface area contributed by atoms with Gasteiger partial charge in [-0.25, -0.2) is 0 Å². The van der Waals surface area contributed by atoms with E-state index in [9.17, 15) is 0 Å². The van der Waals surface area contributed by atoms with E-state index >= 15 is 0 Å². The molecule has 0 aliphatic rings. The van der Waals surface area contributed by atoms with E-state index < -0.39 is 0 Å². The van der Waals surface area contributed by atoms with E-state index in [4.69, 9.17) is 11.6 Å². The number of benzene rings is 2. The Bertz CT molecular complexity index is 783. The molecule has 0 amide bonds. The van der Waals surface area contributed by atoms with Crippen LogP contribution < -0.4 is 0 Å². The second-order valence-electron chi connectivity index (χ2n) is 5.85. The van der Waals surface area contributed by atoms with Crippen LogP contribution in [0, 0.1) is 6.92 Å². The molecule has 0 N–H and O–H groups in total. The number of halogens is 1. The largest absolute Gasteiger partial charge is 0.340 e. The Morgan fingerprint density at radius 3 is 2.38 bits per heavy atom. The summed E-state index contributed by atoms with van der Waals surface area (Å²) < 4.78 is 2.38. The Labute approximate surface area is 131 Å². The van der Waals surface area contributed by atoms with Crippen molar-refractivity contribution in [3.8, 4) is 0 Å². The van der Waals surface area contributed by atoms with Crippen LogP contribution in [0.25, 0.3) is 10.9 Å². The molecule has 0 fully saturated rings. The smallest absolute Gasteiger partial charge is 0.0493 e. The molecule has 3 rings (SSSR count). The minimum absolute atomic E-state index is 0.516. The Kier molecular flexibility index (Phi) is 3.77. The summed E-state index contributed by atoms with van der Waals surface area (Å²) in [6, 6.07) is 16.7. The molecule has 0 radical (unpaired) electrons. The van der Waals surface area contributed by atoms with Crippen molar-refractivity contribution in [3.05, 3.63) is 70.4 Å². The normalized spacial score (nSPS) is 11.5. The molecule has 1 heterocycles. The monoisotopic (exact) mass is 297 g/mol. The molecule has 0 spiro atoms. The van der Waals surface area contributed by atoms with E-state index in [0.29, 0.717) is 5.92 Å². The average molecular weight is 298 g/mol. The number of hydrogen-bond acceptors (Lipinski definition) is 0. The molecule has 0 saturated carbocycles. The highest BCUT2D eigenvalue weighted by atomic mass is 35.5. The maximum absolute atomic E-state index is 6.33. The molecular weight excluding hydrogens is 278 g/mol. The van der Waals surface area contributed by atoms with Gasteiger partial charge in [0.05, 0.1) is 0 Å². The summed E-state index contributed by atoms with van der Waals surface area (Å²) in [5, 5.41) is 2.19. The zero-order chi connectivity index (χ0) is 15.0. The van der Waals surface area contributed by atoms with Gasteiger partial charge in [0, 0.05) is 28.2 Å². The second kappa shape index (κ2) is 5.57. The molecule has 1 aromatic heterocycles. The van der Waals surface area contributed by atoms with Gasteiger partial charge in [-0.2, -0.15) is 0 Å². The van der Waals surface area contributed by atoms with E-state index in [1.807, 2.05) is 18.2 Å². The third-order valence-corrected chi connectivity index (χ3v) is 4.51. The Morgan fingerprint density at radius 2 is 1.67 bits per heavy atom. The van der Waals surface area contributed by atoms with Crippen molar-refractivity contribution in [2.45, 2.75) is 33.2 Å². The zero-order valence-corrected chi connectivity index (χ0v) is 13.5. The molecule has 108 valence electrons. The highest BCUT2D eigenvalue weighted by molar-refractivity contribution is 6.31. The summed E-state index contributed by atoms with van der Waals surface area (Å²) in [4.78, 5) is 0. The number of para-hydroxylation sites is 1. The molecule has 3 aromatic rings. The number of hydrogen-bond donors (Lipinski definition) is 0. The van der Waals surface area contributed by atoms with Gasteiger partial charge in [0.2, 0.25) is 0 Å². The molecule has 0 atom stereocenters. The predicted octanol–water partition coefficient (Wildman–Crippen LogP) is 5.77. The zero-order valence-electron chi connectivity index (χ0n) is 12.7. The summed E-state index contributed by atoms with van der Waals surface area (Å²) >= 11 is 6.33. The molecule has 0 aliphatic heterocycles. The van der Waals surface area contributed by atoms with Gasteiger partial charge in [-0.1, -0.05) is 61.8 Å². The van der Waals surface area contributed by atoms with Crippen molar-refractivity contribution < 1.29 is 0 Å². The van der Waals surface area contributed by atoms with E-state index in [1.165, 1.54) is 27.7 Å². The van der Waals surface area contributed by atoms with Crippen LogP contribution in [0.4, 0.5) is 0 Å². The van der Waals surface area contributed by atoms with Crippen LogP contribution in [0.15, 0.2) is 48.5 Å². The van der Waals surface area contributed by atoms with Crippen molar-refractivity contribution >= 4 is 22.5 Å². The van der Waals surface area contributed by atoms with Crippen molar-refractivity contribution in [2.24, 2.45) is 0 Å². The van der Waals surface area contributed by atoms with Gasteiger partial charge in [0.25, 0.3) is 0 Å². The lowest BCUT2D eigenvalue weighted by atomic mass is 10.00. The summed E-state index contributed by atoms with van der Waals surface area (Å²) in [6.07, 6.45) is 0. The first kappa shape index (κ1) is 14.2. The lowest BCUT2D eigenvalue weighted by Gasteiger charge is -2.11. The van der Waals surface area contributed by atoms with Crippen LogP contribution in [-0.4, -0.2) is 4.57 Å². The van der Waals surface area contributed by atoms with E-state index in [2.05, 4.69) is 55.7 Å². The van der Waals surface area contributed by atoms with Crippen LogP contribution in [0.1, 0.15) is 36.6 Å². The maximum Gasteiger partial charge on any atom is 0.0493 e. The number of rotatable bonds is 3. The van der Waals surface area contributed by atoms with Crippen LogP contribution in [0.3, 0.4) is 0 Å². The topological polar surface area (TPSA) is 4.93 Å². The standard InChI is InChI=1S/C19H20ClN/c1-13(2)19-14(3)21(18-11-7-5-9-16(18)19)12-15-8-4-6-10-17(15)20/h4-11,13H,12H2,1-3H3. The van der Waals surface area contributed by atoms with Crippen molar-refractivity contribution in [1.29, 1.82) is 0 Å². The summed E-state index contributed by atoms with van der Waals surface area (Å²) in [5.41, 5.74) is 5.24. The molecule has 21 heavy (non-hydrogen) atoms. The van der Waals surface area contributed by atoms with Gasteiger partial charge >= 0.3 is 0 Å².